The Bertz CT molecular complexity index is 519. The Morgan fingerprint density at radius 3 is 3.11 bits per heavy atom. The van der Waals surface area contributed by atoms with Crippen molar-refractivity contribution in [1.82, 2.24) is 10.3 Å². The Labute approximate surface area is 110 Å². The fourth-order valence-corrected chi connectivity index (χ4v) is 2.10. The van der Waals surface area contributed by atoms with Gasteiger partial charge in [0.05, 0.1) is 0 Å². The smallest absolute Gasteiger partial charge is 0.174 e. The highest BCUT2D eigenvalue weighted by Gasteiger charge is 1.98. The molecule has 0 radical (unpaired) electrons. The number of benzene rings is 1. The van der Waals surface area contributed by atoms with E-state index in [1.807, 2.05) is 35.7 Å². The molecule has 0 aliphatic carbocycles. The van der Waals surface area contributed by atoms with Gasteiger partial charge in [0.1, 0.15) is 16.8 Å². The van der Waals surface area contributed by atoms with E-state index >= 15 is 0 Å². The normalized spacial score (nSPS) is 9.94. The van der Waals surface area contributed by atoms with Gasteiger partial charge in [0.2, 0.25) is 0 Å². The number of thiazole rings is 1. The van der Waals surface area contributed by atoms with Crippen molar-refractivity contribution < 1.29 is 4.74 Å². The third-order valence-corrected chi connectivity index (χ3v) is 3.07. The van der Waals surface area contributed by atoms with Crippen LogP contribution in [-0.4, -0.2) is 11.6 Å². The lowest BCUT2D eigenvalue weighted by Gasteiger charge is -2.06. The monoisotopic (exact) mass is 259 g/mol. The maximum atomic E-state index is 8.45. The summed E-state index contributed by atoms with van der Waals surface area (Å²) >= 11 is 1.64. The van der Waals surface area contributed by atoms with Crippen molar-refractivity contribution in [2.75, 3.05) is 6.61 Å². The Morgan fingerprint density at radius 1 is 1.39 bits per heavy atom. The van der Waals surface area contributed by atoms with Gasteiger partial charge in [-0.05, 0) is 17.7 Å². The molecule has 2 rings (SSSR count). The third-order valence-electron chi connectivity index (χ3n) is 2.29. The number of hydrogen-bond donors (Lipinski definition) is 1. The van der Waals surface area contributed by atoms with Crippen molar-refractivity contribution in [3.8, 4) is 11.8 Å². The highest BCUT2D eigenvalue weighted by molar-refractivity contribution is 7.09. The van der Waals surface area contributed by atoms with Crippen LogP contribution in [-0.2, 0) is 13.1 Å². The summed E-state index contributed by atoms with van der Waals surface area (Å²) < 4.78 is 5.25. The first-order valence-electron chi connectivity index (χ1n) is 5.56. The zero-order chi connectivity index (χ0) is 12.6. The molecule has 0 aliphatic heterocycles. The molecule has 0 saturated carbocycles. The number of aromatic nitrogens is 1. The van der Waals surface area contributed by atoms with Crippen molar-refractivity contribution in [1.29, 1.82) is 5.26 Å². The molecule has 0 unspecified atom stereocenters. The number of rotatable bonds is 6. The van der Waals surface area contributed by atoms with Crippen molar-refractivity contribution >= 4 is 11.3 Å². The molecule has 0 atom stereocenters. The van der Waals surface area contributed by atoms with E-state index in [0.29, 0.717) is 0 Å². The molecule has 2 aromatic rings. The first-order chi connectivity index (χ1) is 8.88. The first-order valence-corrected chi connectivity index (χ1v) is 6.44. The molecule has 0 fully saturated rings. The summed E-state index contributed by atoms with van der Waals surface area (Å²) in [5.41, 5.74) is 1.13. The van der Waals surface area contributed by atoms with Crippen LogP contribution in [0.15, 0.2) is 35.8 Å². The van der Waals surface area contributed by atoms with Gasteiger partial charge in [-0.25, -0.2) is 4.98 Å². The summed E-state index contributed by atoms with van der Waals surface area (Å²) in [6.45, 7) is 1.60. The molecule has 0 aliphatic rings. The minimum atomic E-state index is 0.0794. The van der Waals surface area contributed by atoms with E-state index in [-0.39, 0.29) is 6.61 Å². The number of hydrogen-bond acceptors (Lipinski definition) is 5. The van der Waals surface area contributed by atoms with Crippen LogP contribution in [0.5, 0.6) is 5.75 Å². The topological polar surface area (TPSA) is 57.9 Å². The Kier molecular flexibility index (Phi) is 4.70. The van der Waals surface area contributed by atoms with Crippen LogP contribution in [0.2, 0.25) is 0 Å². The summed E-state index contributed by atoms with van der Waals surface area (Å²) in [6.07, 6.45) is 1.80. The SMILES string of the molecule is N#CCOc1cccc(CNCc2nccs2)c1. The maximum absolute atomic E-state index is 8.45. The highest BCUT2D eigenvalue weighted by Crippen LogP contribution is 2.13. The van der Waals surface area contributed by atoms with Crippen molar-refractivity contribution in [3.05, 3.63) is 46.4 Å². The second-order valence-corrected chi connectivity index (χ2v) is 4.60. The van der Waals surface area contributed by atoms with Crippen molar-refractivity contribution in [3.63, 3.8) is 0 Å². The summed E-state index contributed by atoms with van der Waals surface area (Å²) in [6, 6.07) is 9.68. The second-order valence-electron chi connectivity index (χ2n) is 3.62. The lowest BCUT2D eigenvalue weighted by atomic mass is 10.2. The van der Waals surface area contributed by atoms with E-state index in [9.17, 15) is 0 Å². The molecule has 0 amide bonds. The predicted octanol–water partition coefficient (Wildman–Crippen LogP) is 2.34. The lowest BCUT2D eigenvalue weighted by molar-refractivity contribution is 0.367. The zero-order valence-corrected chi connectivity index (χ0v) is 10.6. The quantitative estimate of drug-likeness (QED) is 0.865. The highest BCUT2D eigenvalue weighted by atomic mass is 32.1. The van der Waals surface area contributed by atoms with E-state index < -0.39 is 0 Å². The van der Waals surface area contributed by atoms with Gasteiger partial charge in [-0.2, -0.15) is 5.26 Å². The number of nitrogens with one attached hydrogen (secondary N) is 1. The summed E-state index contributed by atoms with van der Waals surface area (Å²) in [7, 11) is 0. The van der Waals surface area contributed by atoms with Gasteiger partial charge in [0.25, 0.3) is 0 Å². The van der Waals surface area contributed by atoms with Crippen LogP contribution in [0.1, 0.15) is 10.6 Å². The summed E-state index contributed by atoms with van der Waals surface area (Å²) in [4.78, 5) is 4.20. The van der Waals surface area contributed by atoms with Crippen LogP contribution in [0.25, 0.3) is 0 Å². The molecule has 18 heavy (non-hydrogen) atoms. The van der Waals surface area contributed by atoms with Gasteiger partial charge in [0, 0.05) is 24.7 Å². The average molecular weight is 259 g/mol. The largest absolute Gasteiger partial charge is 0.479 e. The maximum Gasteiger partial charge on any atom is 0.174 e. The molecule has 0 saturated heterocycles. The van der Waals surface area contributed by atoms with Gasteiger partial charge >= 0.3 is 0 Å². The fourth-order valence-electron chi connectivity index (χ4n) is 1.51. The Balaban J connectivity index is 1.83. The summed E-state index contributed by atoms with van der Waals surface area (Å²) in [5.74, 6) is 0.727. The van der Waals surface area contributed by atoms with E-state index in [1.165, 1.54) is 0 Å². The number of nitrogens with zero attached hydrogens (tertiary/aromatic N) is 2. The Hall–Kier alpha value is -1.90. The molecular formula is C13H13N3OS. The van der Waals surface area contributed by atoms with E-state index in [1.54, 1.807) is 17.5 Å². The third kappa shape index (κ3) is 3.84. The van der Waals surface area contributed by atoms with Gasteiger partial charge in [-0.3, -0.25) is 0 Å². The lowest BCUT2D eigenvalue weighted by Crippen LogP contribution is -2.12. The predicted molar refractivity (Wildman–Crippen MR) is 70.2 cm³/mol. The minimum Gasteiger partial charge on any atom is -0.479 e. The molecule has 92 valence electrons. The van der Waals surface area contributed by atoms with Crippen LogP contribution in [0, 0.1) is 11.3 Å². The first kappa shape index (κ1) is 12.6. The average Bonchev–Trinajstić information content (AvgIpc) is 2.90. The van der Waals surface area contributed by atoms with Crippen LogP contribution in [0.3, 0.4) is 0 Å². The molecule has 1 aromatic carbocycles. The standard InChI is InChI=1S/C13H13N3OS/c14-4-6-17-12-3-1-2-11(8-12)9-15-10-13-16-5-7-18-13/h1-3,5,7-8,15H,6,9-10H2. The van der Waals surface area contributed by atoms with E-state index in [2.05, 4.69) is 10.3 Å². The molecule has 5 heteroatoms. The van der Waals surface area contributed by atoms with Crippen molar-refractivity contribution in [2.24, 2.45) is 0 Å². The molecule has 1 aromatic heterocycles. The van der Waals surface area contributed by atoms with Gasteiger partial charge in [0.15, 0.2) is 6.61 Å². The minimum absolute atomic E-state index is 0.0794. The molecule has 0 bridgehead atoms. The number of ether oxygens (including phenoxy) is 1. The van der Waals surface area contributed by atoms with Gasteiger partial charge < -0.3 is 10.1 Å². The van der Waals surface area contributed by atoms with Gasteiger partial charge in [-0.15, -0.1) is 11.3 Å². The van der Waals surface area contributed by atoms with Gasteiger partial charge in [-0.1, -0.05) is 12.1 Å². The summed E-state index contributed by atoms with van der Waals surface area (Å²) in [5, 5.41) is 14.8. The number of nitriles is 1. The molecule has 1 N–H and O–H groups in total. The second kappa shape index (κ2) is 6.74. The molecular weight excluding hydrogens is 246 g/mol. The molecule has 1 heterocycles. The molecule has 4 nitrogen and oxygen atoms in total. The molecule has 0 spiro atoms. The zero-order valence-electron chi connectivity index (χ0n) is 9.80. The van der Waals surface area contributed by atoms with E-state index in [4.69, 9.17) is 10.00 Å². The van der Waals surface area contributed by atoms with Crippen LogP contribution < -0.4 is 10.1 Å². The van der Waals surface area contributed by atoms with E-state index in [0.717, 1.165) is 29.4 Å². The fraction of sp³-hybridized carbons (Fsp3) is 0.231. The van der Waals surface area contributed by atoms with Crippen molar-refractivity contribution in [2.45, 2.75) is 13.1 Å². The Morgan fingerprint density at radius 2 is 2.33 bits per heavy atom. The van der Waals surface area contributed by atoms with Crippen LogP contribution in [0.4, 0.5) is 0 Å². The van der Waals surface area contributed by atoms with Crippen LogP contribution >= 0.6 is 11.3 Å².